The molecule has 1 atom stereocenters. The third-order valence-corrected chi connectivity index (χ3v) is 2.94. The fourth-order valence-corrected chi connectivity index (χ4v) is 2.02. The molecule has 1 rings (SSSR count). The Morgan fingerprint density at radius 3 is 2.18 bits per heavy atom. The first-order valence-corrected chi connectivity index (χ1v) is 5.66. The highest BCUT2D eigenvalue weighted by Crippen LogP contribution is 2.45. The van der Waals surface area contributed by atoms with Gasteiger partial charge in [-0.15, -0.1) is 0 Å². The molecule has 17 heavy (non-hydrogen) atoms. The Hall–Kier alpha value is -1.13. The van der Waals surface area contributed by atoms with E-state index in [-0.39, 0.29) is 5.92 Å². The van der Waals surface area contributed by atoms with Gasteiger partial charge in [-0.05, 0) is 6.54 Å². The standard InChI is InChI=1S/C12H18ClNO3/c1-7(6-14)10-11(16-3)8(13)5-9(15-2)12(10)17-4/h5,7H,6,14H2,1-4H3. The molecule has 0 saturated carbocycles. The summed E-state index contributed by atoms with van der Waals surface area (Å²) in [6.07, 6.45) is 0. The van der Waals surface area contributed by atoms with Crippen LogP contribution in [0.1, 0.15) is 18.4 Å². The summed E-state index contributed by atoms with van der Waals surface area (Å²) in [6.45, 7) is 2.45. The van der Waals surface area contributed by atoms with Gasteiger partial charge in [-0.1, -0.05) is 18.5 Å². The first-order chi connectivity index (χ1) is 8.10. The summed E-state index contributed by atoms with van der Waals surface area (Å²) in [7, 11) is 4.72. The minimum Gasteiger partial charge on any atom is -0.495 e. The van der Waals surface area contributed by atoms with E-state index in [1.165, 1.54) is 0 Å². The van der Waals surface area contributed by atoms with Crippen LogP contribution in [-0.2, 0) is 0 Å². The van der Waals surface area contributed by atoms with Crippen molar-refractivity contribution in [3.05, 3.63) is 16.7 Å². The van der Waals surface area contributed by atoms with Crippen molar-refractivity contribution in [2.75, 3.05) is 27.9 Å². The average molecular weight is 260 g/mol. The van der Waals surface area contributed by atoms with Crippen LogP contribution in [0.25, 0.3) is 0 Å². The molecule has 0 radical (unpaired) electrons. The number of hydrogen-bond acceptors (Lipinski definition) is 4. The zero-order chi connectivity index (χ0) is 13.0. The van der Waals surface area contributed by atoms with Gasteiger partial charge >= 0.3 is 0 Å². The van der Waals surface area contributed by atoms with Gasteiger partial charge in [0.25, 0.3) is 0 Å². The lowest BCUT2D eigenvalue weighted by atomic mass is 9.98. The van der Waals surface area contributed by atoms with Crippen LogP contribution in [0.15, 0.2) is 6.07 Å². The van der Waals surface area contributed by atoms with Crippen molar-refractivity contribution in [3.63, 3.8) is 0 Å². The molecule has 1 unspecified atom stereocenters. The van der Waals surface area contributed by atoms with E-state index >= 15 is 0 Å². The molecular formula is C12H18ClNO3. The van der Waals surface area contributed by atoms with E-state index < -0.39 is 0 Å². The molecular weight excluding hydrogens is 242 g/mol. The molecule has 0 amide bonds. The highest BCUT2D eigenvalue weighted by molar-refractivity contribution is 6.32. The summed E-state index contributed by atoms with van der Waals surface area (Å²) in [4.78, 5) is 0. The van der Waals surface area contributed by atoms with E-state index in [0.717, 1.165) is 5.56 Å². The van der Waals surface area contributed by atoms with E-state index in [4.69, 9.17) is 31.5 Å². The molecule has 2 N–H and O–H groups in total. The van der Waals surface area contributed by atoms with Crippen LogP contribution in [0.2, 0.25) is 5.02 Å². The number of rotatable bonds is 5. The number of benzene rings is 1. The van der Waals surface area contributed by atoms with Crippen LogP contribution >= 0.6 is 11.6 Å². The third kappa shape index (κ3) is 2.58. The molecule has 1 aromatic carbocycles. The molecule has 96 valence electrons. The smallest absolute Gasteiger partial charge is 0.168 e. The molecule has 0 aliphatic rings. The molecule has 5 heteroatoms. The van der Waals surface area contributed by atoms with Gasteiger partial charge in [-0.2, -0.15) is 0 Å². The van der Waals surface area contributed by atoms with Crippen molar-refractivity contribution in [1.82, 2.24) is 0 Å². The van der Waals surface area contributed by atoms with Crippen molar-refractivity contribution in [2.24, 2.45) is 5.73 Å². The van der Waals surface area contributed by atoms with Crippen LogP contribution in [0.5, 0.6) is 17.2 Å². The van der Waals surface area contributed by atoms with Gasteiger partial charge in [0.2, 0.25) is 0 Å². The first kappa shape index (κ1) is 13.9. The van der Waals surface area contributed by atoms with Gasteiger partial charge in [0.15, 0.2) is 11.5 Å². The Balaban J connectivity index is 3.52. The Kier molecular flexibility index (Phi) is 4.90. The minimum atomic E-state index is 0.0625. The van der Waals surface area contributed by atoms with Gasteiger partial charge in [0.05, 0.1) is 26.4 Å². The molecule has 0 saturated heterocycles. The number of halogens is 1. The predicted molar refractivity (Wildman–Crippen MR) is 68.6 cm³/mol. The zero-order valence-electron chi connectivity index (χ0n) is 10.5. The summed E-state index contributed by atoms with van der Waals surface area (Å²) in [5, 5.41) is 0.487. The van der Waals surface area contributed by atoms with Crippen LogP contribution in [0.4, 0.5) is 0 Å². The molecule has 0 fully saturated rings. The van der Waals surface area contributed by atoms with Gasteiger partial charge < -0.3 is 19.9 Å². The van der Waals surface area contributed by atoms with Crippen LogP contribution in [-0.4, -0.2) is 27.9 Å². The lowest BCUT2D eigenvalue weighted by Crippen LogP contribution is -2.12. The van der Waals surface area contributed by atoms with Crippen molar-refractivity contribution in [3.8, 4) is 17.2 Å². The highest BCUT2D eigenvalue weighted by Gasteiger charge is 2.23. The summed E-state index contributed by atoms with van der Waals surface area (Å²) in [5.41, 5.74) is 6.53. The first-order valence-electron chi connectivity index (χ1n) is 5.29. The number of hydrogen-bond donors (Lipinski definition) is 1. The van der Waals surface area contributed by atoms with E-state index in [2.05, 4.69) is 0 Å². The maximum absolute atomic E-state index is 6.14. The molecule has 0 aliphatic heterocycles. The van der Waals surface area contributed by atoms with Crippen LogP contribution in [0.3, 0.4) is 0 Å². The SMILES string of the molecule is COc1cc(Cl)c(OC)c(C(C)CN)c1OC. The van der Waals surface area contributed by atoms with E-state index in [1.54, 1.807) is 27.4 Å². The topological polar surface area (TPSA) is 53.7 Å². The summed E-state index contributed by atoms with van der Waals surface area (Å²) in [5.74, 6) is 1.84. The highest BCUT2D eigenvalue weighted by atomic mass is 35.5. The molecule has 0 aliphatic carbocycles. The Morgan fingerprint density at radius 2 is 1.76 bits per heavy atom. The summed E-state index contributed by atoms with van der Waals surface area (Å²) >= 11 is 6.14. The van der Waals surface area contributed by atoms with E-state index in [9.17, 15) is 0 Å². The van der Waals surface area contributed by atoms with E-state index in [1.807, 2.05) is 6.92 Å². The molecule has 0 aromatic heterocycles. The largest absolute Gasteiger partial charge is 0.495 e. The Bertz CT molecular complexity index is 396. The fourth-order valence-electron chi connectivity index (χ4n) is 1.75. The van der Waals surface area contributed by atoms with Crippen molar-refractivity contribution < 1.29 is 14.2 Å². The molecule has 4 nitrogen and oxygen atoms in total. The maximum atomic E-state index is 6.14. The minimum absolute atomic E-state index is 0.0625. The Morgan fingerprint density at radius 1 is 1.18 bits per heavy atom. The lowest BCUT2D eigenvalue weighted by molar-refractivity contribution is 0.341. The monoisotopic (exact) mass is 259 g/mol. The van der Waals surface area contributed by atoms with E-state index in [0.29, 0.717) is 28.8 Å². The zero-order valence-corrected chi connectivity index (χ0v) is 11.3. The molecule has 0 spiro atoms. The van der Waals surface area contributed by atoms with Crippen molar-refractivity contribution >= 4 is 11.6 Å². The summed E-state index contributed by atoms with van der Waals surface area (Å²) in [6, 6.07) is 1.67. The Labute approximate surface area is 107 Å². The molecule has 0 bridgehead atoms. The average Bonchev–Trinajstić information content (AvgIpc) is 2.36. The predicted octanol–water partition coefficient (Wildman–Crippen LogP) is 2.43. The number of ether oxygens (including phenoxy) is 3. The maximum Gasteiger partial charge on any atom is 0.168 e. The lowest BCUT2D eigenvalue weighted by Gasteiger charge is -2.21. The van der Waals surface area contributed by atoms with Gasteiger partial charge in [0, 0.05) is 17.5 Å². The molecule has 0 heterocycles. The summed E-state index contributed by atoms with van der Waals surface area (Å²) < 4.78 is 15.9. The normalized spacial score (nSPS) is 12.1. The van der Waals surface area contributed by atoms with Crippen molar-refractivity contribution in [2.45, 2.75) is 12.8 Å². The van der Waals surface area contributed by atoms with Gasteiger partial charge in [0.1, 0.15) is 5.75 Å². The second-order valence-electron chi connectivity index (χ2n) is 3.68. The van der Waals surface area contributed by atoms with Gasteiger partial charge in [-0.3, -0.25) is 0 Å². The van der Waals surface area contributed by atoms with Crippen LogP contribution in [0, 0.1) is 0 Å². The van der Waals surface area contributed by atoms with Gasteiger partial charge in [-0.25, -0.2) is 0 Å². The van der Waals surface area contributed by atoms with Crippen LogP contribution < -0.4 is 19.9 Å². The third-order valence-electron chi connectivity index (χ3n) is 2.66. The second kappa shape index (κ2) is 5.98. The van der Waals surface area contributed by atoms with Crippen molar-refractivity contribution in [1.29, 1.82) is 0 Å². The number of nitrogens with two attached hydrogens (primary N) is 1. The fraction of sp³-hybridized carbons (Fsp3) is 0.500. The molecule has 1 aromatic rings. The number of methoxy groups -OCH3 is 3. The second-order valence-corrected chi connectivity index (χ2v) is 4.08. The quantitative estimate of drug-likeness (QED) is 0.882.